The number of aliphatic hydroxyl groups is 2. The summed E-state index contributed by atoms with van der Waals surface area (Å²) in [6, 6.07) is 0. The number of hydrogen-bond donors (Lipinski definition) is 4. The van der Waals surface area contributed by atoms with Crippen molar-refractivity contribution < 1.29 is 39.2 Å². The fourth-order valence-corrected chi connectivity index (χ4v) is 4.38. The topological polar surface area (TPSA) is 156 Å². The number of carbonyl (C=O) groups excluding carboxylic acids is 3. The Bertz CT molecular complexity index is 879. The van der Waals surface area contributed by atoms with E-state index in [2.05, 4.69) is 4.74 Å². The molecule has 3 unspecified atom stereocenters. The van der Waals surface area contributed by atoms with E-state index in [9.17, 15) is 29.7 Å². The molecular weight excluding hydrogens is 358 g/mol. The van der Waals surface area contributed by atoms with E-state index in [-0.39, 0.29) is 41.6 Å². The zero-order chi connectivity index (χ0) is 20.3. The summed E-state index contributed by atoms with van der Waals surface area (Å²) in [6.45, 7) is 1.46. The number of phenols is 1. The summed E-state index contributed by atoms with van der Waals surface area (Å²) in [5, 5.41) is 33.0. The van der Waals surface area contributed by atoms with Gasteiger partial charge in [-0.1, -0.05) is 0 Å². The molecule has 9 heteroatoms. The Morgan fingerprint density at radius 3 is 2.37 bits per heavy atom. The van der Waals surface area contributed by atoms with Crippen LogP contribution in [0, 0.1) is 6.92 Å². The number of ketones is 2. The number of carbonyl (C=O) groups is 3. The van der Waals surface area contributed by atoms with Crippen LogP contribution < -0.4 is 5.73 Å². The lowest BCUT2D eigenvalue weighted by atomic mass is 9.58. The van der Waals surface area contributed by atoms with Gasteiger partial charge < -0.3 is 30.5 Å². The standard InChI is InChI=1S/C18H21NO8/c1-7-12(16(24)26-2)15(23)13-8(14(7)19)6-11(22)18(27-3)10(21)5-4-9(20)17(13,18)25/h11,22-23,25H,4-6,19H2,1-3H3. The Hall–Kier alpha value is -2.49. The van der Waals surface area contributed by atoms with Crippen molar-refractivity contribution in [3.8, 4) is 5.75 Å². The largest absolute Gasteiger partial charge is 0.507 e. The van der Waals surface area contributed by atoms with Gasteiger partial charge in [0.2, 0.25) is 0 Å². The van der Waals surface area contributed by atoms with Crippen LogP contribution in [0.5, 0.6) is 5.75 Å². The second-order valence-corrected chi connectivity index (χ2v) is 6.82. The molecule has 0 aromatic heterocycles. The molecule has 0 spiro atoms. The molecule has 1 aromatic rings. The second kappa shape index (κ2) is 6.01. The molecule has 3 rings (SSSR count). The average Bonchev–Trinajstić information content (AvgIpc) is 2.63. The van der Waals surface area contributed by atoms with Gasteiger partial charge in [-0.3, -0.25) is 9.59 Å². The number of nitrogens with two attached hydrogens (primary N) is 1. The van der Waals surface area contributed by atoms with Crippen LogP contribution in [0.2, 0.25) is 0 Å². The van der Waals surface area contributed by atoms with Gasteiger partial charge in [0.1, 0.15) is 11.3 Å². The number of esters is 1. The van der Waals surface area contributed by atoms with E-state index in [0.29, 0.717) is 0 Å². The van der Waals surface area contributed by atoms with Gasteiger partial charge in [-0.15, -0.1) is 0 Å². The highest BCUT2D eigenvalue weighted by Crippen LogP contribution is 2.55. The molecule has 27 heavy (non-hydrogen) atoms. The maximum atomic E-state index is 12.8. The Labute approximate surface area is 154 Å². The fraction of sp³-hybridized carbons (Fsp3) is 0.500. The summed E-state index contributed by atoms with van der Waals surface area (Å²) in [6.07, 6.45) is -2.38. The number of hydrogen-bond acceptors (Lipinski definition) is 9. The third-order valence-corrected chi connectivity index (χ3v) is 5.75. The van der Waals surface area contributed by atoms with Crippen LogP contribution >= 0.6 is 0 Å². The number of rotatable bonds is 2. The molecule has 5 N–H and O–H groups in total. The molecule has 2 aliphatic rings. The van der Waals surface area contributed by atoms with E-state index in [0.717, 1.165) is 14.2 Å². The molecule has 146 valence electrons. The minimum absolute atomic E-state index is 0.00574. The monoisotopic (exact) mass is 379 g/mol. The zero-order valence-electron chi connectivity index (χ0n) is 15.2. The molecule has 9 nitrogen and oxygen atoms in total. The molecule has 3 atom stereocenters. The van der Waals surface area contributed by atoms with E-state index in [4.69, 9.17) is 10.5 Å². The highest BCUT2D eigenvalue weighted by atomic mass is 16.5. The lowest BCUT2D eigenvalue weighted by molar-refractivity contribution is -0.228. The Kier molecular flexibility index (Phi) is 4.29. The smallest absolute Gasteiger partial charge is 0.342 e. The SMILES string of the molecule is COC(=O)c1c(C)c(N)c2c(c1O)C1(O)C(=O)CCC(=O)C1(OC)C(O)C2. The quantitative estimate of drug-likeness (QED) is 0.302. The summed E-state index contributed by atoms with van der Waals surface area (Å²) < 4.78 is 9.92. The van der Waals surface area contributed by atoms with Crippen LogP contribution in [-0.4, -0.2) is 58.8 Å². The average molecular weight is 379 g/mol. The first kappa shape index (κ1) is 19.3. The predicted molar refractivity (Wildman–Crippen MR) is 91.2 cm³/mol. The maximum absolute atomic E-state index is 12.8. The van der Waals surface area contributed by atoms with Crippen LogP contribution in [0.15, 0.2) is 0 Å². The van der Waals surface area contributed by atoms with Crippen molar-refractivity contribution in [2.45, 2.75) is 43.5 Å². The van der Waals surface area contributed by atoms with E-state index in [1.54, 1.807) is 0 Å². The first-order valence-electron chi connectivity index (χ1n) is 8.34. The molecule has 0 bridgehead atoms. The Balaban J connectivity index is 2.48. The van der Waals surface area contributed by atoms with Crippen molar-refractivity contribution in [3.05, 3.63) is 22.3 Å². The number of nitrogen functional groups attached to an aromatic ring is 1. The molecule has 0 radical (unpaired) electrons. The second-order valence-electron chi connectivity index (χ2n) is 6.82. The summed E-state index contributed by atoms with van der Waals surface area (Å²) in [4.78, 5) is 37.7. The van der Waals surface area contributed by atoms with Crippen LogP contribution in [0.1, 0.15) is 39.9 Å². The van der Waals surface area contributed by atoms with E-state index in [1.807, 2.05) is 0 Å². The number of phenolic OH excluding ortho intramolecular Hbond substituents is 1. The zero-order valence-corrected chi connectivity index (χ0v) is 15.2. The van der Waals surface area contributed by atoms with Crippen molar-refractivity contribution in [2.24, 2.45) is 0 Å². The van der Waals surface area contributed by atoms with Gasteiger partial charge in [-0.2, -0.15) is 0 Å². The van der Waals surface area contributed by atoms with Gasteiger partial charge in [0.25, 0.3) is 0 Å². The lowest BCUT2D eigenvalue weighted by Crippen LogP contribution is -2.72. The maximum Gasteiger partial charge on any atom is 0.342 e. The van der Waals surface area contributed by atoms with Crippen LogP contribution in [0.25, 0.3) is 0 Å². The van der Waals surface area contributed by atoms with Gasteiger partial charge in [0, 0.05) is 37.6 Å². The highest BCUT2D eigenvalue weighted by molar-refractivity contribution is 6.08. The van der Waals surface area contributed by atoms with Crippen molar-refractivity contribution in [1.29, 1.82) is 0 Å². The molecule has 0 aliphatic heterocycles. The molecule has 0 heterocycles. The summed E-state index contributed by atoms with van der Waals surface area (Å²) in [7, 11) is 2.19. The number of aliphatic hydroxyl groups excluding tert-OH is 1. The molecule has 1 aromatic carbocycles. The molecule has 0 saturated heterocycles. The number of ether oxygens (including phenoxy) is 2. The first-order chi connectivity index (χ1) is 12.6. The van der Waals surface area contributed by atoms with Crippen molar-refractivity contribution in [2.75, 3.05) is 20.0 Å². The number of Topliss-reactive ketones (excluding diaryl/α,β-unsaturated/α-hetero) is 2. The van der Waals surface area contributed by atoms with Crippen LogP contribution in [-0.2, 0) is 31.1 Å². The molecule has 0 amide bonds. The molecule has 2 aliphatic carbocycles. The van der Waals surface area contributed by atoms with Gasteiger partial charge in [0.05, 0.1) is 13.2 Å². The van der Waals surface area contributed by atoms with Gasteiger partial charge in [0.15, 0.2) is 22.8 Å². The third-order valence-electron chi connectivity index (χ3n) is 5.75. The number of methoxy groups -OCH3 is 2. The van der Waals surface area contributed by atoms with Crippen molar-refractivity contribution in [3.63, 3.8) is 0 Å². The molecular formula is C18H21NO8. The normalized spacial score (nSPS) is 29.9. The number of fused-ring (bicyclic) bond motifs is 3. The molecule has 1 saturated carbocycles. The van der Waals surface area contributed by atoms with Gasteiger partial charge >= 0.3 is 5.97 Å². The predicted octanol–water partition coefficient (Wildman–Crippen LogP) is -0.509. The summed E-state index contributed by atoms with van der Waals surface area (Å²) in [5.41, 5.74) is 0.645. The fourth-order valence-electron chi connectivity index (χ4n) is 4.38. The first-order valence-corrected chi connectivity index (χ1v) is 8.34. The van der Waals surface area contributed by atoms with Gasteiger partial charge in [-0.25, -0.2) is 4.79 Å². The number of benzene rings is 1. The summed E-state index contributed by atoms with van der Waals surface area (Å²) in [5.74, 6) is -3.14. The number of anilines is 1. The summed E-state index contributed by atoms with van der Waals surface area (Å²) >= 11 is 0. The van der Waals surface area contributed by atoms with E-state index >= 15 is 0 Å². The Morgan fingerprint density at radius 1 is 1.22 bits per heavy atom. The van der Waals surface area contributed by atoms with Crippen LogP contribution in [0.3, 0.4) is 0 Å². The number of aromatic hydroxyl groups is 1. The molecule has 1 fully saturated rings. The highest BCUT2D eigenvalue weighted by Gasteiger charge is 2.70. The lowest BCUT2D eigenvalue weighted by Gasteiger charge is -2.52. The minimum Gasteiger partial charge on any atom is -0.507 e. The van der Waals surface area contributed by atoms with E-state index in [1.165, 1.54) is 6.92 Å². The van der Waals surface area contributed by atoms with Crippen molar-refractivity contribution >= 4 is 23.2 Å². The van der Waals surface area contributed by atoms with Gasteiger partial charge in [-0.05, 0) is 18.1 Å². The minimum atomic E-state index is -2.70. The van der Waals surface area contributed by atoms with Crippen molar-refractivity contribution in [1.82, 2.24) is 0 Å². The van der Waals surface area contributed by atoms with E-state index < -0.39 is 46.2 Å². The third kappa shape index (κ3) is 2.07. The Morgan fingerprint density at radius 2 is 1.81 bits per heavy atom. The van der Waals surface area contributed by atoms with Crippen LogP contribution in [0.4, 0.5) is 5.69 Å².